The molecule has 0 unspecified atom stereocenters. The Morgan fingerprint density at radius 2 is 2.18 bits per heavy atom. The quantitative estimate of drug-likeness (QED) is 0.655. The number of hydrogen-bond acceptors (Lipinski definition) is 3. The zero-order valence-electron chi connectivity index (χ0n) is 9.26. The SMILES string of the molecule is c1ccc(-c2cn3c4c(sc3n2)CCC4)nc1. The van der Waals surface area contributed by atoms with Gasteiger partial charge in [0.05, 0.1) is 5.69 Å². The minimum absolute atomic E-state index is 0.954. The van der Waals surface area contributed by atoms with Gasteiger partial charge in [-0.25, -0.2) is 4.98 Å². The molecule has 4 rings (SSSR count). The molecule has 17 heavy (non-hydrogen) atoms. The Hall–Kier alpha value is -1.68. The summed E-state index contributed by atoms with van der Waals surface area (Å²) < 4.78 is 2.25. The Bertz CT molecular complexity index is 681. The van der Waals surface area contributed by atoms with E-state index in [0.717, 1.165) is 16.3 Å². The van der Waals surface area contributed by atoms with Crippen LogP contribution in [0.15, 0.2) is 30.6 Å². The summed E-state index contributed by atoms with van der Waals surface area (Å²) in [4.78, 5) is 11.6. The summed E-state index contributed by atoms with van der Waals surface area (Å²) in [6, 6.07) is 5.94. The molecule has 0 radical (unpaired) electrons. The van der Waals surface area contributed by atoms with E-state index in [1.54, 1.807) is 0 Å². The molecule has 3 aromatic heterocycles. The standard InChI is InChI=1S/C13H11N3S/c1-2-7-14-9(4-1)10-8-16-11-5-3-6-12(11)17-13(16)15-10/h1-2,4,7-8H,3,5-6H2. The number of hydrogen-bond donors (Lipinski definition) is 0. The highest BCUT2D eigenvalue weighted by Gasteiger charge is 2.19. The summed E-state index contributed by atoms with van der Waals surface area (Å²) in [6.07, 6.45) is 7.63. The van der Waals surface area contributed by atoms with Gasteiger partial charge in [0, 0.05) is 23.0 Å². The third-order valence-electron chi connectivity index (χ3n) is 3.25. The molecule has 3 heterocycles. The molecule has 4 heteroatoms. The average molecular weight is 241 g/mol. The molecule has 0 atom stereocenters. The molecular formula is C13H11N3S. The van der Waals surface area contributed by atoms with Crippen LogP contribution in [0.3, 0.4) is 0 Å². The highest BCUT2D eigenvalue weighted by atomic mass is 32.1. The van der Waals surface area contributed by atoms with Gasteiger partial charge in [0.25, 0.3) is 0 Å². The number of imidazole rings is 1. The maximum absolute atomic E-state index is 4.67. The number of aromatic nitrogens is 3. The molecular weight excluding hydrogens is 230 g/mol. The van der Waals surface area contributed by atoms with Crippen LogP contribution in [-0.4, -0.2) is 14.4 Å². The summed E-state index contributed by atoms with van der Waals surface area (Å²) in [6.45, 7) is 0. The van der Waals surface area contributed by atoms with Gasteiger partial charge < -0.3 is 0 Å². The lowest BCUT2D eigenvalue weighted by atomic mass is 10.3. The number of pyridine rings is 1. The van der Waals surface area contributed by atoms with Crippen LogP contribution < -0.4 is 0 Å². The topological polar surface area (TPSA) is 30.2 Å². The van der Waals surface area contributed by atoms with E-state index in [-0.39, 0.29) is 0 Å². The van der Waals surface area contributed by atoms with Crippen LogP contribution in [0.4, 0.5) is 0 Å². The van der Waals surface area contributed by atoms with Crippen molar-refractivity contribution in [3.63, 3.8) is 0 Å². The van der Waals surface area contributed by atoms with Crippen molar-refractivity contribution in [1.29, 1.82) is 0 Å². The van der Waals surface area contributed by atoms with E-state index >= 15 is 0 Å². The monoisotopic (exact) mass is 241 g/mol. The van der Waals surface area contributed by atoms with E-state index in [4.69, 9.17) is 0 Å². The van der Waals surface area contributed by atoms with Gasteiger partial charge in [-0.3, -0.25) is 9.38 Å². The molecule has 0 amide bonds. The van der Waals surface area contributed by atoms with Crippen LogP contribution in [0.2, 0.25) is 0 Å². The van der Waals surface area contributed by atoms with Crippen molar-refractivity contribution in [2.75, 3.05) is 0 Å². The van der Waals surface area contributed by atoms with Crippen LogP contribution in [0.5, 0.6) is 0 Å². The molecule has 3 aromatic rings. The second-order valence-electron chi connectivity index (χ2n) is 4.32. The van der Waals surface area contributed by atoms with Crippen LogP contribution in [0, 0.1) is 0 Å². The van der Waals surface area contributed by atoms with Crippen LogP contribution >= 0.6 is 11.3 Å². The highest BCUT2D eigenvalue weighted by molar-refractivity contribution is 7.17. The van der Waals surface area contributed by atoms with E-state index in [9.17, 15) is 0 Å². The first-order valence-electron chi connectivity index (χ1n) is 5.83. The minimum atomic E-state index is 0.954. The molecule has 0 fully saturated rings. The van der Waals surface area contributed by atoms with Crippen molar-refractivity contribution in [2.24, 2.45) is 0 Å². The largest absolute Gasteiger partial charge is 0.294 e. The van der Waals surface area contributed by atoms with Crippen LogP contribution in [0.1, 0.15) is 17.0 Å². The molecule has 1 aliphatic rings. The van der Waals surface area contributed by atoms with Gasteiger partial charge in [-0.2, -0.15) is 0 Å². The van der Waals surface area contributed by atoms with Gasteiger partial charge >= 0.3 is 0 Å². The maximum atomic E-state index is 4.67. The minimum Gasteiger partial charge on any atom is -0.294 e. The molecule has 0 aromatic carbocycles. The molecule has 3 nitrogen and oxygen atoms in total. The molecule has 0 aliphatic heterocycles. The van der Waals surface area contributed by atoms with E-state index in [2.05, 4.69) is 20.6 Å². The summed E-state index contributed by atoms with van der Waals surface area (Å²) in [5, 5.41) is 0. The van der Waals surface area contributed by atoms with E-state index < -0.39 is 0 Å². The lowest BCUT2D eigenvalue weighted by molar-refractivity contribution is 0.888. The first kappa shape index (κ1) is 9.36. The highest BCUT2D eigenvalue weighted by Crippen LogP contribution is 2.32. The van der Waals surface area contributed by atoms with Crippen molar-refractivity contribution >= 4 is 16.3 Å². The smallest absolute Gasteiger partial charge is 0.194 e. The molecule has 84 valence electrons. The van der Waals surface area contributed by atoms with Crippen LogP contribution in [-0.2, 0) is 12.8 Å². The summed E-state index contributed by atoms with van der Waals surface area (Å²) >= 11 is 1.83. The van der Waals surface area contributed by atoms with Gasteiger partial charge in [-0.1, -0.05) is 6.07 Å². The van der Waals surface area contributed by atoms with Gasteiger partial charge in [0.15, 0.2) is 4.96 Å². The predicted molar refractivity (Wildman–Crippen MR) is 68.3 cm³/mol. The Labute approximate surface area is 103 Å². The Morgan fingerprint density at radius 1 is 1.18 bits per heavy atom. The van der Waals surface area contributed by atoms with Gasteiger partial charge in [-0.05, 0) is 31.4 Å². The summed E-state index contributed by atoms with van der Waals surface area (Å²) in [5.41, 5.74) is 3.39. The Morgan fingerprint density at radius 3 is 3.06 bits per heavy atom. The zero-order chi connectivity index (χ0) is 11.2. The molecule has 0 saturated carbocycles. The van der Waals surface area contributed by atoms with Gasteiger partial charge in [0.2, 0.25) is 0 Å². The molecule has 1 aliphatic carbocycles. The summed E-state index contributed by atoms with van der Waals surface area (Å²) in [5.74, 6) is 0. The number of nitrogens with zero attached hydrogens (tertiary/aromatic N) is 3. The second kappa shape index (κ2) is 3.40. The zero-order valence-corrected chi connectivity index (χ0v) is 10.1. The average Bonchev–Trinajstić information content (AvgIpc) is 3.00. The normalized spacial score (nSPS) is 14.4. The Kier molecular flexibility index (Phi) is 1.87. The first-order chi connectivity index (χ1) is 8.42. The third kappa shape index (κ3) is 1.34. The number of thiazole rings is 1. The third-order valence-corrected chi connectivity index (χ3v) is 4.40. The molecule has 0 spiro atoms. The number of fused-ring (bicyclic) bond motifs is 3. The second-order valence-corrected chi connectivity index (χ2v) is 5.38. The van der Waals surface area contributed by atoms with Gasteiger partial charge in [-0.15, -0.1) is 11.3 Å². The van der Waals surface area contributed by atoms with E-state index in [0.29, 0.717) is 0 Å². The van der Waals surface area contributed by atoms with Crippen molar-refractivity contribution in [2.45, 2.75) is 19.3 Å². The molecule has 0 bridgehead atoms. The summed E-state index contributed by atoms with van der Waals surface area (Å²) in [7, 11) is 0. The van der Waals surface area contributed by atoms with Crippen LogP contribution in [0.25, 0.3) is 16.3 Å². The number of rotatable bonds is 1. The fraction of sp³-hybridized carbons (Fsp3) is 0.231. The first-order valence-corrected chi connectivity index (χ1v) is 6.64. The van der Waals surface area contributed by atoms with Crippen molar-refractivity contribution < 1.29 is 0 Å². The van der Waals surface area contributed by atoms with Gasteiger partial charge in [0.1, 0.15) is 5.69 Å². The number of aryl methyl sites for hydroxylation is 2. The molecule has 0 saturated heterocycles. The fourth-order valence-corrected chi connectivity index (χ4v) is 3.63. The lowest BCUT2D eigenvalue weighted by Gasteiger charge is -1.93. The van der Waals surface area contributed by atoms with Crippen molar-refractivity contribution in [3.05, 3.63) is 41.2 Å². The Balaban J connectivity index is 1.91. The van der Waals surface area contributed by atoms with Crippen molar-refractivity contribution in [3.8, 4) is 11.4 Å². The van der Waals surface area contributed by atoms with E-state index in [1.807, 2.05) is 35.7 Å². The fourth-order valence-electron chi connectivity index (χ4n) is 2.44. The lowest BCUT2D eigenvalue weighted by Crippen LogP contribution is -1.85. The maximum Gasteiger partial charge on any atom is 0.194 e. The predicted octanol–water partition coefficient (Wildman–Crippen LogP) is 2.95. The van der Waals surface area contributed by atoms with Crippen molar-refractivity contribution in [1.82, 2.24) is 14.4 Å². The van der Waals surface area contributed by atoms with E-state index in [1.165, 1.54) is 29.8 Å². The molecule has 0 N–H and O–H groups in total.